The first kappa shape index (κ1) is 17.0. The topological polar surface area (TPSA) is 81.4 Å². The fraction of sp³-hybridized carbons (Fsp3) is 0.167. The minimum atomic E-state index is -3.30. The van der Waals surface area contributed by atoms with Gasteiger partial charge in [-0.2, -0.15) is 0 Å². The molecule has 0 spiro atoms. The Morgan fingerprint density at radius 2 is 1.84 bits per heavy atom. The number of nitrogens with zero attached hydrogens (tertiary/aromatic N) is 1. The molecule has 1 atom stereocenters. The van der Waals surface area contributed by atoms with E-state index < -0.39 is 10.0 Å². The number of benzene rings is 2. The zero-order valence-electron chi connectivity index (χ0n) is 13.6. The summed E-state index contributed by atoms with van der Waals surface area (Å²) in [6.45, 7) is 0. The van der Waals surface area contributed by atoms with Crippen molar-refractivity contribution in [1.82, 2.24) is 4.98 Å². The lowest BCUT2D eigenvalue weighted by atomic mass is 10.1. The average molecular weight is 358 g/mol. The van der Waals surface area contributed by atoms with Crippen LogP contribution in [0.5, 0.6) is 5.75 Å². The molecule has 0 fully saturated rings. The summed E-state index contributed by atoms with van der Waals surface area (Å²) in [6.07, 6.45) is 4.37. The Labute approximate surface area is 146 Å². The molecule has 1 N–H and O–H groups in total. The number of rotatable bonds is 7. The SMILES string of the molecule is CS(=O)(=O)Nc1ccc(OC(Cc2ccccc2)c2cocn2)cc1. The zero-order chi connectivity index (χ0) is 17.7. The molecule has 1 heterocycles. The maximum absolute atomic E-state index is 11.3. The molecule has 6 nitrogen and oxygen atoms in total. The van der Waals surface area contributed by atoms with Crippen LogP contribution >= 0.6 is 0 Å². The first-order valence-electron chi connectivity index (χ1n) is 7.66. The molecular formula is C18H18N2O4S. The van der Waals surface area contributed by atoms with Gasteiger partial charge in [0.1, 0.15) is 23.8 Å². The first-order valence-corrected chi connectivity index (χ1v) is 9.55. The molecule has 1 aromatic heterocycles. The van der Waals surface area contributed by atoms with Crippen LogP contribution in [-0.2, 0) is 16.4 Å². The number of aromatic nitrogens is 1. The maximum Gasteiger partial charge on any atom is 0.229 e. The van der Waals surface area contributed by atoms with Gasteiger partial charge in [0.15, 0.2) is 6.39 Å². The second kappa shape index (κ2) is 7.40. The Balaban J connectivity index is 1.76. The number of hydrogen-bond acceptors (Lipinski definition) is 5. The van der Waals surface area contributed by atoms with E-state index in [9.17, 15) is 8.42 Å². The Morgan fingerprint density at radius 1 is 1.12 bits per heavy atom. The average Bonchev–Trinajstić information content (AvgIpc) is 3.10. The van der Waals surface area contributed by atoms with Crippen LogP contribution in [0, 0.1) is 0 Å². The highest BCUT2D eigenvalue weighted by Gasteiger charge is 2.17. The van der Waals surface area contributed by atoms with Gasteiger partial charge in [0.2, 0.25) is 10.0 Å². The van der Waals surface area contributed by atoms with Crippen LogP contribution in [0.25, 0.3) is 0 Å². The van der Waals surface area contributed by atoms with Gasteiger partial charge in [-0.3, -0.25) is 4.72 Å². The molecule has 25 heavy (non-hydrogen) atoms. The predicted molar refractivity (Wildman–Crippen MR) is 94.9 cm³/mol. The largest absolute Gasteiger partial charge is 0.484 e. The summed E-state index contributed by atoms with van der Waals surface area (Å²) in [6, 6.07) is 16.7. The number of sulfonamides is 1. The summed E-state index contributed by atoms with van der Waals surface area (Å²) < 4.78 is 36.1. The minimum absolute atomic E-state index is 0.310. The van der Waals surface area contributed by atoms with Crippen molar-refractivity contribution in [1.29, 1.82) is 0 Å². The predicted octanol–water partition coefficient (Wildman–Crippen LogP) is 3.41. The normalized spacial score (nSPS) is 12.5. The Bertz CT molecular complexity index is 892. The number of anilines is 1. The van der Waals surface area contributed by atoms with E-state index in [4.69, 9.17) is 9.15 Å². The number of nitrogens with one attached hydrogen (secondary N) is 1. The monoisotopic (exact) mass is 358 g/mol. The van der Waals surface area contributed by atoms with Gasteiger partial charge in [-0.25, -0.2) is 13.4 Å². The van der Waals surface area contributed by atoms with E-state index in [1.54, 1.807) is 30.5 Å². The van der Waals surface area contributed by atoms with Crippen molar-refractivity contribution in [3.63, 3.8) is 0 Å². The van der Waals surface area contributed by atoms with Crippen molar-refractivity contribution >= 4 is 15.7 Å². The molecule has 0 aliphatic heterocycles. The molecule has 0 saturated heterocycles. The summed E-state index contributed by atoms with van der Waals surface area (Å²) >= 11 is 0. The van der Waals surface area contributed by atoms with Crippen molar-refractivity contribution < 1.29 is 17.6 Å². The molecule has 7 heteroatoms. The summed E-state index contributed by atoms with van der Waals surface area (Å²) in [4.78, 5) is 4.19. The Morgan fingerprint density at radius 3 is 2.44 bits per heavy atom. The fourth-order valence-electron chi connectivity index (χ4n) is 2.40. The van der Waals surface area contributed by atoms with Gasteiger partial charge >= 0.3 is 0 Å². The standard InChI is InChI=1S/C18H18N2O4S/c1-25(21,22)20-15-7-9-16(10-8-15)24-18(17-12-23-13-19-17)11-14-5-3-2-4-6-14/h2-10,12-13,18,20H,11H2,1H3. The molecule has 3 aromatic rings. The Kier molecular flexibility index (Phi) is 5.04. The van der Waals surface area contributed by atoms with Crippen LogP contribution in [0.3, 0.4) is 0 Å². The van der Waals surface area contributed by atoms with Crippen LogP contribution in [0.15, 0.2) is 71.7 Å². The highest BCUT2D eigenvalue weighted by Crippen LogP contribution is 2.26. The Hall–Kier alpha value is -2.80. The molecule has 0 radical (unpaired) electrons. The zero-order valence-corrected chi connectivity index (χ0v) is 14.4. The summed E-state index contributed by atoms with van der Waals surface area (Å²) in [5, 5.41) is 0. The molecule has 130 valence electrons. The minimum Gasteiger partial charge on any atom is -0.484 e. The lowest BCUT2D eigenvalue weighted by Gasteiger charge is -2.17. The lowest BCUT2D eigenvalue weighted by molar-refractivity contribution is 0.201. The third-order valence-corrected chi connectivity index (χ3v) is 4.09. The third kappa shape index (κ3) is 5.09. The molecular weight excluding hydrogens is 340 g/mol. The van der Waals surface area contributed by atoms with E-state index in [-0.39, 0.29) is 6.10 Å². The van der Waals surface area contributed by atoms with Crippen LogP contribution in [-0.4, -0.2) is 19.7 Å². The van der Waals surface area contributed by atoms with Crippen LogP contribution < -0.4 is 9.46 Å². The highest BCUT2D eigenvalue weighted by atomic mass is 32.2. The van der Waals surface area contributed by atoms with E-state index in [0.717, 1.165) is 11.8 Å². The van der Waals surface area contributed by atoms with Crippen LogP contribution in [0.2, 0.25) is 0 Å². The van der Waals surface area contributed by atoms with Crippen LogP contribution in [0.4, 0.5) is 5.69 Å². The maximum atomic E-state index is 11.3. The fourth-order valence-corrected chi connectivity index (χ4v) is 2.96. The van der Waals surface area contributed by atoms with E-state index in [1.807, 2.05) is 30.3 Å². The number of oxazole rings is 1. The quantitative estimate of drug-likeness (QED) is 0.700. The third-order valence-electron chi connectivity index (χ3n) is 3.48. The van der Waals surface area contributed by atoms with Crippen molar-refractivity contribution in [3.05, 3.63) is 78.5 Å². The van der Waals surface area contributed by atoms with Gasteiger partial charge in [0.05, 0.1) is 6.26 Å². The van der Waals surface area contributed by atoms with E-state index in [0.29, 0.717) is 23.6 Å². The second-order valence-electron chi connectivity index (χ2n) is 5.61. The first-order chi connectivity index (χ1) is 12.0. The van der Waals surface area contributed by atoms with Gasteiger partial charge in [0.25, 0.3) is 0 Å². The molecule has 0 saturated carbocycles. The second-order valence-corrected chi connectivity index (χ2v) is 7.36. The van der Waals surface area contributed by atoms with Crippen molar-refractivity contribution in [3.8, 4) is 5.75 Å². The van der Waals surface area contributed by atoms with E-state index in [1.165, 1.54) is 6.39 Å². The van der Waals surface area contributed by atoms with Crippen molar-refractivity contribution in [2.45, 2.75) is 12.5 Å². The number of hydrogen-bond donors (Lipinski definition) is 1. The highest BCUT2D eigenvalue weighted by molar-refractivity contribution is 7.92. The van der Waals surface area contributed by atoms with Gasteiger partial charge in [-0.1, -0.05) is 30.3 Å². The van der Waals surface area contributed by atoms with Gasteiger partial charge in [-0.15, -0.1) is 0 Å². The summed E-state index contributed by atoms with van der Waals surface area (Å²) in [5.74, 6) is 0.614. The van der Waals surface area contributed by atoms with E-state index in [2.05, 4.69) is 9.71 Å². The smallest absolute Gasteiger partial charge is 0.229 e. The molecule has 1 unspecified atom stereocenters. The van der Waals surface area contributed by atoms with Gasteiger partial charge in [0, 0.05) is 12.1 Å². The van der Waals surface area contributed by atoms with Crippen molar-refractivity contribution in [2.24, 2.45) is 0 Å². The van der Waals surface area contributed by atoms with Gasteiger partial charge in [-0.05, 0) is 29.8 Å². The molecule has 0 aliphatic rings. The summed E-state index contributed by atoms with van der Waals surface area (Å²) in [7, 11) is -3.30. The lowest BCUT2D eigenvalue weighted by Crippen LogP contribution is -2.12. The molecule has 0 amide bonds. The van der Waals surface area contributed by atoms with Crippen LogP contribution in [0.1, 0.15) is 17.4 Å². The molecule has 2 aromatic carbocycles. The molecule has 0 aliphatic carbocycles. The van der Waals surface area contributed by atoms with Crippen molar-refractivity contribution in [2.75, 3.05) is 11.0 Å². The molecule has 0 bridgehead atoms. The molecule has 3 rings (SSSR count). The summed E-state index contributed by atoms with van der Waals surface area (Å²) in [5.41, 5.74) is 2.30. The van der Waals surface area contributed by atoms with Gasteiger partial charge < -0.3 is 9.15 Å². The number of ether oxygens (including phenoxy) is 1. The van der Waals surface area contributed by atoms with E-state index >= 15 is 0 Å².